The van der Waals surface area contributed by atoms with Crippen LogP contribution in [0.5, 0.6) is 0 Å². The molecule has 0 saturated carbocycles. The maximum atomic E-state index is 11.4. The zero-order valence-corrected chi connectivity index (χ0v) is 10.7. The summed E-state index contributed by atoms with van der Waals surface area (Å²) in [6.45, 7) is 1.69. The Kier molecular flexibility index (Phi) is 6.11. The van der Waals surface area contributed by atoms with Crippen LogP contribution in [0.15, 0.2) is 0 Å². The highest BCUT2D eigenvalue weighted by Crippen LogP contribution is 1.98. The lowest BCUT2D eigenvalue weighted by atomic mass is 10.2. The molecular weight excluding hydrogens is 248 g/mol. The minimum atomic E-state index is -3.26. The molecular formula is C9H18N2O5S. The summed E-state index contributed by atoms with van der Waals surface area (Å²) in [6.07, 6.45) is 1.21. The molecule has 0 rings (SSSR count). The zero-order valence-electron chi connectivity index (χ0n) is 9.84. The molecule has 4 N–H and O–H groups in total. The Labute approximate surface area is 100 Å². The van der Waals surface area contributed by atoms with E-state index < -0.39 is 33.8 Å². The average Bonchev–Trinajstić information content (AvgIpc) is 2.20. The first-order valence-electron chi connectivity index (χ1n) is 5.14. The topological polar surface area (TPSA) is 127 Å². The van der Waals surface area contributed by atoms with Crippen molar-refractivity contribution >= 4 is 21.7 Å². The quantitative estimate of drug-likeness (QED) is 0.527. The highest BCUT2D eigenvalue weighted by atomic mass is 32.2. The van der Waals surface area contributed by atoms with E-state index in [9.17, 15) is 18.0 Å². The first-order chi connectivity index (χ1) is 7.67. The summed E-state index contributed by atoms with van der Waals surface area (Å²) in [5.41, 5.74) is 5.42. The van der Waals surface area contributed by atoms with Crippen LogP contribution >= 0.6 is 0 Å². The molecule has 0 fully saturated rings. The van der Waals surface area contributed by atoms with Gasteiger partial charge < -0.3 is 16.2 Å². The predicted molar refractivity (Wildman–Crippen MR) is 62.2 cm³/mol. The van der Waals surface area contributed by atoms with E-state index in [2.05, 4.69) is 5.32 Å². The van der Waals surface area contributed by atoms with Crippen LogP contribution in [0.25, 0.3) is 0 Å². The van der Waals surface area contributed by atoms with E-state index in [4.69, 9.17) is 10.8 Å². The lowest BCUT2D eigenvalue weighted by Crippen LogP contribution is -2.48. The Hall–Kier alpha value is -1.15. The number of carboxylic acids is 1. The number of carbonyl (C=O) groups is 2. The predicted octanol–water partition coefficient (Wildman–Crippen LogP) is -1.27. The van der Waals surface area contributed by atoms with Gasteiger partial charge in [0.25, 0.3) is 0 Å². The van der Waals surface area contributed by atoms with Gasteiger partial charge in [-0.25, -0.2) is 13.2 Å². The van der Waals surface area contributed by atoms with E-state index in [1.807, 2.05) is 0 Å². The van der Waals surface area contributed by atoms with Gasteiger partial charge in [0.05, 0.1) is 11.8 Å². The molecule has 0 bridgehead atoms. The van der Waals surface area contributed by atoms with Crippen molar-refractivity contribution in [2.75, 3.05) is 12.0 Å². The van der Waals surface area contributed by atoms with Crippen molar-refractivity contribution in [1.29, 1.82) is 0 Å². The lowest BCUT2D eigenvalue weighted by molar-refractivity contribution is -0.142. The normalized spacial score (nSPS) is 15.0. The van der Waals surface area contributed by atoms with Gasteiger partial charge in [-0.2, -0.15) is 0 Å². The number of carbonyl (C=O) groups excluding carboxylic acids is 1. The van der Waals surface area contributed by atoms with Gasteiger partial charge >= 0.3 is 5.97 Å². The molecule has 0 aliphatic carbocycles. The molecule has 2 atom stereocenters. The number of rotatable bonds is 7. The average molecular weight is 266 g/mol. The van der Waals surface area contributed by atoms with Crippen molar-refractivity contribution in [3.05, 3.63) is 0 Å². The van der Waals surface area contributed by atoms with E-state index in [0.29, 0.717) is 6.42 Å². The molecule has 0 radical (unpaired) electrons. The fourth-order valence-electron chi connectivity index (χ4n) is 1.05. The number of carboxylic acid groups (broad SMARTS) is 1. The Morgan fingerprint density at radius 2 is 1.94 bits per heavy atom. The molecule has 0 aromatic heterocycles. The van der Waals surface area contributed by atoms with Gasteiger partial charge in [-0.15, -0.1) is 0 Å². The van der Waals surface area contributed by atoms with Crippen LogP contribution in [-0.4, -0.2) is 49.5 Å². The van der Waals surface area contributed by atoms with Crippen LogP contribution in [0.3, 0.4) is 0 Å². The second-order valence-electron chi connectivity index (χ2n) is 3.83. The van der Waals surface area contributed by atoms with Gasteiger partial charge in [0.2, 0.25) is 5.91 Å². The summed E-state index contributed by atoms with van der Waals surface area (Å²) in [4.78, 5) is 22.2. The van der Waals surface area contributed by atoms with Gasteiger partial charge in [0.15, 0.2) is 0 Å². The zero-order chi connectivity index (χ0) is 13.6. The monoisotopic (exact) mass is 266 g/mol. The Bertz CT molecular complexity index is 379. The van der Waals surface area contributed by atoms with Crippen molar-refractivity contribution in [2.24, 2.45) is 5.73 Å². The fourth-order valence-corrected chi connectivity index (χ4v) is 1.72. The molecule has 0 aromatic carbocycles. The molecule has 17 heavy (non-hydrogen) atoms. The molecule has 0 heterocycles. The van der Waals surface area contributed by atoms with E-state index >= 15 is 0 Å². The largest absolute Gasteiger partial charge is 0.480 e. The third-order valence-electron chi connectivity index (χ3n) is 2.17. The van der Waals surface area contributed by atoms with Crippen molar-refractivity contribution in [1.82, 2.24) is 5.32 Å². The van der Waals surface area contributed by atoms with Crippen molar-refractivity contribution in [3.8, 4) is 0 Å². The van der Waals surface area contributed by atoms with Crippen molar-refractivity contribution < 1.29 is 23.1 Å². The first-order valence-corrected chi connectivity index (χ1v) is 7.20. The smallest absolute Gasteiger partial charge is 0.326 e. The van der Waals surface area contributed by atoms with E-state index in [-0.39, 0.29) is 12.2 Å². The molecule has 1 amide bonds. The molecule has 100 valence electrons. The standard InChI is InChI=1S/C9H18N2O5S/c1-3-6(10)8(12)11-7(9(13)14)4-5-17(2,15)16/h6-7H,3-5,10H2,1-2H3,(H,11,12)(H,13,14)/t6-,7?/m1/s1. The summed E-state index contributed by atoms with van der Waals surface area (Å²) in [5.74, 6) is -2.16. The highest BCUT2D eigenvalue weighted by molar-refractivity contribution is 7.90. The minimum Gasteiger partial charge on any atom is -0.480 e. The molecule has 0 aromatic rings. The highest BCUT2D eigenvalue weighted by Gasteiger charge is 2.23. The third kappa shape index (κ3) is 6.90. The van der Waals surface area contributed by atoms with Gasteiger partial charge in [-0.05, 0) is 12.8 Å². The number of hydrogen-bond acceptors (Lipinski definition) is 5. The van der Waals surface area contributed by atoms with E-state index in [1.165, 1.54) is 0 Å². The number of nitrogens with one attached hydrogen (secondary N) is 1. The second kappa shape index (κ2) is 6.55. The molecule has 1 unspecified atom stereocenters. The lowest BCUT2D eigenvalue weighted by Gasteiger charge is -2.16. The van der Waals surface area contributed by atoms with Crippen LogP contribution in [0, 0.1) is 0 Å². The molecule has 8 heteroatoms. The maximum Gasteiger partial charge on any atom is 0.326 e. The molecule has 0 saturated heterocycles. The number of sulfone groups is 1. The second-order valence-corrected chi connectivity index (χ2v) is 6.09. The van der Waals surface area contributed by atoms with Crippen molar-refractivity contribution in [2.45, 2.75) is 31.8 Å². The van der Waals surface area contributed by atoms with Crippen LogP contribution < -0.4 is 11.1 Å². The molecule has 0 aliphatic rings. The van der Waals surface area contributed by atoms with Crippen molar-refractivity contribution in [3.63, 3.8) is 0 Å². The molecule has 0 aliphatic heterocycles. The Morgan fingerprint density at radius 1 is 1.41 bits per heavy atom. The van der Waals surface area contributed by atoms with Crippen LogP contribution in [0.2, 0.25) is 0 Å². The van der Waals surface area contributed by atoms with Crippen LogP contribution in [-0.2, 0) is 19.4 Å². The summed E-state index contributed by atoms with van der Waals surface area (Å²) < 4.78 is 21.8. The summed E-state index contributed by atoms with van der Waals surface area (Å²) in [7, 11) is -3.26. The van der Waals surface area contributed by atoms with Gasteiger partial charge in [0.1, 0.15) is 15.9 Å². The number of hydrogen-bond donors (Lipinski definition) is 3. The van der Waals surface area contributed by atoms with E-state index in [1.54, 1.807) is 6.92 Å². The van der Waals surface area contributed by atoms with E-state index in [0.717, 1.165) is 6.26 Å². The Morgan fingerprint density at radius 3 is 2.29 bits per heavy atom. The first kappa shape index (κ1) is 15.9. The van der Waals surface area contributed by atoms with Gasteiger partial charge in [-0.1, -0.05) is 6.92 Å². The van der Waals surface area contributed by atoms with Gasteiger partial charge in [-0.3, -0.25) is 4.79 Å². The third-order valence-corrected chi connectivity index (χ3v) is 3.15. The molecule has 7 nitrogen and oxygen atoms in total. The summed E-state index contributed by atoms with van der Waals surface area (Å²) in [6, 6.07) is -2.01. The number of aliphatic carboxylic acids is 1. The Balaban J connectivity index is 4.46. The fraction of sp³-hybridized carbons (Fsp3) is 0.778. The SMILES string of the molecule is CC[C@@H](N)C(=O)NC(CCS(C)(=O)=O)C(=O)O. The van der Waals surface area contributed by atoms with Crippen LogP contribution in [0.1, 0.15) is 19.8 Å². The van der Waals surface area contributed by atoms with Gasteiger partial charge in [0, 0.05) is 6.26 Å². The maximum absolute atomic E-state index is 11.4. The minimum absolute atomic E-state index is 0.170. The number of nitrogens with two attached hydrogens (primary N) is 1. The summed E-state index contributed by atoms with van der Waals surface area (Å²) in [5, 5.41) is 11.0. The molecule has 0 spiro atoms. The summed E-state index contributed by atoms with van der Waals surface area (Å²) >= 11 is 0. The number of amides is 1. The van der Waals surface area contributed by atoms with Crippen LogP contribution in [0.4, 0.5) is 0 Å².